The van der Waals surface area contributed by atoms with Crippen molar-refractivity contribution < 1.29 is 9.53 Å². The second-order valence-corrected chi connectivity index (χ2v) is 9.97. The van der Waals surface area contributed by atoms with Gasteiger partial charge in [-0.1, -0.05) is 12.6 Å². The van der Waals surface area contributed by atoms with Crippen LogP contribution in [0.1, 0.15) is 38.7 Å². The van der Waals surface area contributed by atoms with Crippen LogP contribution < -0.4 is 15.4 Å². The Morgan fingerprint density at radius 1 is 1.10 bits per heavy atom. The van der Waals surface area contributed by atoms with Gasteiger partial charge in [0.15, 0.2) is 12.4 Å². The topological polar surface area (TPSA) is 105 Å². The van der Waals surface area contributed by atoms with Gasteiger partial charge in [0.2, 0.25) is 0 Å². The van der Waals surface area contributed by atoms with E-state index >= 15 is 0 Å². The number of nitrogens with two attached hydrogens (primary N) is 1. The van der Waals surface area contributed by atoms with Crippen molar-refractivity contribution in [1.82, 2.24) is 19.6 Å². The third-order valence-corrected chi connectivity index (χ3v) is 7.03. The maximum absolute atomic E-state index is 12.5. The molecule has 0 spiro atoms. The number of benzene rings is 1. The lowest BCUT2D eigenvalue weighted by atomic mass is 10.1. The zero-order valence-corrected chi connectivity index (χ0v) is 23.3. The fraction of sp³-hybridized carbons (Fsp3) is 0.448. The highest BCUT2D eigenvalue weighted by Crippen LogP contribution is 2.24. The van der Waals surface area contributed by atoms with Crippen LogP contribution in [0.15, 0.2) is 70.8 Å². The number of hydrogen-bond donors (Lipinski definition) is 1. The second-order valence-electron chi connectivity index (χ2n) is 9.97. The molecule has 2 aliphatic heterocycles. The van der Waals surface area contributed by atoms with Crippen molar-refractivity contribution in [2.24, 2.45) is 22.8 Å². The number of ether oxygens (including phenoxy) is 1. The minimum absolute atomic E-state index is 0.0585. The Bertz CT molecular complexity index is 1240. The largest absolute Gasteiger partial charge is 0.484 e. The first-order valence-electron chi connectivity index (χ1n) is 13.6. The third-order valence-electron chi connectivity index (χ3n) is 7.03. The van der Waals surface area contributed by atoms with Gasteiger partial charge in [-0.15, -0.1) is 0 Å². The fourth-order valence-corrected chi connectivity index (χ4v) is 4.86. The zero-order valence-electron chi connectivity index (χ0n) is 23.3. The van der Waals surface area contributed by atoms with E-state index in [2.05, 4.69) is 32.5 Å². The molecule has 10 nitrogen and oxygen atoms in total. The molecule has 2 fully saturated rings. The van der Waals surface area contributed by atoms with Crippen LogP contribution in [0.5, 0.6) is 5.75 Å². The average molecular weight is 533 g/mol. The van der Waals surface area contributed by atoms with E-state index in [0.717, 1.165) is 69.1 Å². The van der Waals surface area contributed by atoms with Crippen LogP contribution in [0.3, 0.4) is 0 Å². The monoisotopic (exact) mass is 532 g/mol. The maximum Gasteiger partial charge on any atom is 0.260 e. The van der Waals surface area contributed by atoms with Crippen LogP contribution >= 0.6 is 0 Å². The van der Waals surface area contributed by atoms with Crippen molar-refractivity contribution in [2.75, 3.05) is 50.8 Å². The first-order chi connectivity index (χ1) is 18.9. The van der Waals surface area contributed by atoms with E-state index in [1.54, 1.807) is 10.9 Å². The number of likely N-dealkylation sites (tertiary alicyclic amines) is 1. The van der Waals surface area contributed by atoms with Gasteiger partial charge in [0, 0.05) is 87.4 Å². The van der Waals surface area contributed by atoms with Gasteiger partial charge < -0.3 is 25.2 Å². The lowest BCUT2D eigenvalue weighted by Gasteiger charge is -2.38. The molecule has 0 atom stereocenters. The summed E-state index contributed by atoms with van der Waals surface area (Å²) in [5, 5.41) is 4.24. The molecule has 2 saturated heterocycles. The Balaban J connectivity index is 1.40. The van der Waals surface area contributed by atoms with Crippen LogP contribution in [0.2, 0.25) is 0 Å². The van der Waals surface area contributed by atoms with Gasteiger partial charge in [0.1, 0.15) is 11.4 Å². The molecule has 0 bridgehead atoms. The number of hydrogen-bond acceptors (Lipinski definition) is 7. The molecule has 2 aliphatic rings. The molecule has 4 rings (SSSR count). The normalized spacial score (nSPS) is 17.7. The van der Waals surface area contributed by atoms with E-state index in [4.69, 9.17) is 15.5 Å². The Labute approximate surface area is 231 Å². The summed E-state index contributed by atoms with van der Waals surface area (Å²) in [4.78, 5) is 28.3. The number of rotatable bonds is 8. The summed E-state index contributed by atoms with van der Waals surface area (Å²) in [7, 11) is 1.88. The molecule has 0 unspecified atom stereocenters. The SMILES string of the molecule is C=CN=C(/C(N=C(C)c1cnn(C)c1)=C(/C)N)N1CCN(c2cccc(OCC(=O)N3CCCCC3)c2)CC1. The number of amides is 1. The first kappa shape index (κ1) is 27.9. The van der Waals surface area contributed by atoms with Gasteiger partial charge in [-0.2, -0.15) is 5.10 Å². The minimum Gasteiger partial charge on any atom is -0.484 e. The Hall–Kier alpha value is -4.08. The van der Waals surface area contributed by atoms with E-state index in [9.17, 15) is 4.79 Å². The van der Waals surface area contributed by atoms with Crippen molar-refractivity contribution in [3.05, 3.63) is 66.4 Å². The number of piperidine rings is 1. The number of carbonyl (C=O) groups excluding carboxylic acids is 1. The molecule has 3 heterocycles. The number of aryl methyl sites for hydroxylation is 1. The summed E-state index contributed by atoms with van der Waals surface area (Å²) in [6.45, 7) is 12.4. The second kappa shape index (κ2) is 13.1. The standard InChI is InChI=1S/C29H40N8O2/c1-5-31-29(28(22(2)30)33-23(3)24-19-32-34(4)20-24)37-16-14-35(15-17-37)25-10-9-11-26(18-25)39-21-27(38)36-12-7-6-8-13-36/h5,9-11,18-20H,1,6-8,12-17,21,30H2,2-4H3/b28-22+,31-29?,33-23?. The number of anilines is 1. The molecular formula is C29H40N8O2. The lowest BCUT2D eigenvalue weighted by molar-refractivity contribution is -0.134. The number of allylic oxidation sites excluding steroid dienone is 1. The smallest absolute Gasteiger partial charge is 0.260 e. The number of amidine groups is 1. The van der Waals surface area contributed by atoms with Crippen LogP contribution in [0, 0.1) is 0 Å². The van der Waals surface area contributed by atoms with Gasteiger partial charge in [-0.3, -0.25) is 9.48 Å². The molecule has 208 valence electrons. The van der Waals surface area contributed by atoms with E-state index in [0.29, 0.717) is 23.0 Å². The molecule has 1 aromatic heterocycles. The van der Waals surface area contributed by atoms with Gasteiger partial charge in [0.05, 0.1) is 6.20 Å². The first-order valence-corrected chi connectivity index (χ1v) is 13.6. The summed E-state index contributed by atoms with van der Waals surface area (Å²) in [5.74, 6) is 1.47. The van der Waals surface area contributed by atoms with Crippen molar-refractivity contribution >= 4 is 23.1 Å². The summed E-state index contributed by atoms with van der Waals surface area (Å²) in [5.41, 5.74) is 10.3. The van der Waals surface area contributed by atoms with Gasteiger partial charge in [0.25, 0.3) is 5.91 Å². The van der Waals surface area contributed by atoms with E-state index in [1.165, 1.54) is 12.6 Å². The molecule has 0 radical (unpaired) electrons. The molecule has 39 heavy (non-hydrogen) atoms. The predicted octanol–water partition coefficient (Wildman–Crippen LogP) is 3.17. The summed E-state index contributed by atoms with van der Waals surface area (Å²) >= 11 is 0. The van der Waals surface area contributed by atoms with Crippen LogP contribution in [-0.4, -0.2) is 82.9 Å². The molecule has 1 amide bonds. The Morgan fingerprint density at radius 3 is 2.49 bits per heavy atom. The van der Waals surface area contributed by atoms with Gasteiger partial charge >= 0.3 is 0 Å². The minimum atomic E-state index is 0.0585. The lowest BCUT2D eigenvalue weighted by Crippen LogP contribution is -2.49. The van der Waals surface area contributed by atoms with Crippen LogP contribution in [-0.2, 0) is 11.8 Å². The van der Waals surface area contributed by atoms with Crippen molar-refractivity contribution in [1.29, 1.82) is 0 Å². The number of carbonyl (C=O) groups is 1. The van der Waals surface area contributed by atoms with E-state index in [1.807, 2.05) is 50.2 Å². The maximum atomic E-state index is 12.5. The number of nitrogens with zero attached hydrogens (tertiary/aromatic N) is 7. The van der Waals surface area contributed by atoms with E-state index in [-0.39, 0.29) is 12.5 Å². The van der Waals surface area contributed by atoms with E-state index < -0.39 is 0 Å². The average Bonchev–Trinajstić information content (AvgIpc) is 3.40. The molecule has 2 N–H and O–H groups in total. The quantitative estimate of drug-likeness (QED) is 0.414. The highest BCUT2D eigenvalue weighted by Gasteiger charge is 2.24. The summed E-state index contributed by atoms with van der Waals surface area (Å²) in [6.07, 6.45) is 8.59. The molecule has 0 saturated carbocycles. The Kier molecular flexibility index (Phi) is 9.40. The summed E-state index contributed by atoms with van der Waals surface area (Å²) < 4.78 is 7.63. The highest BCUT2D eigenvalue weighted by atomic mass is 16.5. The predicted molar refractivity (Wildman–Crippen MR) is 156 cm³/mol. The van der Waals surface area contributed by atoms with Crippen molar-refractivity contribution in [2.45, 2.75) is 33.1 Å². The number of aromatic nitrogens is 2. The van der Waals surface area contributed by atoms with Crippen LogP contribution in [0.4, 0.5) is 5.69 Å². The number of piperazine rings is 1. The third kappa shape index (κ3) is 7.28. The zero-order chi connectivity index (χ0) is 27.8. The fourth-order valence-electron chi connectivity index (χ4n) is 4.86. The molecule has 1 aromatic carbocycles. The molecule has 0 aliphatic carbocycles. The Morgan fingerprint density at radius 2 is 1.85 bits per heavy atom. The molecule has 2 aromatic rings. The highest BCUT2D eigenvalue weighted by molar-refractivity contribution is 6.05. The van der Waals surface area contributed by atoms with Gasteiger partial charge in [-0.25, -0.2) is 9.98 Å². The van der Waals surface area contributed by atoms with Gasteiger partial charge in [-0.05, 0) is 45.2 Å². The van der Waals surface area contributed by atoms with Crippen LogP contribution in [0.25, 0.3) is 0 Å². The number of aliphatic imine (C=N–C) groups is 2. The van der Waals surface area contributed by atoms with Crippen molar-refractivity contribution in [3.63, 3.8) is 0 Å². The summed E-state index contributed by atoms with van der Waals surface area (Å²) in [6, 6.07) is 7.96. The molecular weight excluding hydrogens is 492 g/mol. The van der Waals surface area contributed by atoms with Crippen molar-refractivity contribution in [3.8, 4) is 5.75 Å². The molecule has 10 heteroatoms.